The van der Waals surface area contributed by atoms with Crippen LogP contribution >= 0.6 is 0 Å². The van der Waals surface area contributed by atoms with Crippen LogP contribution in [0.1, 0.15) is 91.9 Å². The summed E-state index contributed by atoms with van der Waals surface area (Å²) in [4.78, 5) is 0. The van der Waals surface area contributed by atoms with E-state index in [4.69, 9.17) is 8.37 Å². The largest absolute Gasteiger partial charge is 0.726 e. The third kappa shape index (κ3) is 6.34. The van der Waals surface area contributed by atoms with Crippen LogP contribution in [0.15, 0.2) is 11.6 Å². The predicted octanol–water partition coefficient (Wildman–Crippen LogP) is 4.30. The van der Waals surface area contributed by atoms with Gasteiger partial charge in [0, 0.05) is 0 Å². The van der Waals surface area contributed by atoms with Crippen molar-refractivity contribution in [3.05, 3.63) is 11.6 Å². The van der Waals surface area contributed by atoms with Gasteiger partial charge in [-0.05, 0) is 97.7 Å². The van der Waals surface area contributed by atoms with Crippen molar-refractivity contribution in [2.45, 2.75) is 104 Å². The molecule has 4 aliphatic rings. The molecule has 0 bridgehead atoms. The highest BCUT2D eigenvalue weighted by molar-refractivity contribution is 7.81. The maximum absolute atomic E-state index is 11.7. The summed E-state index contributed by atoms with van der Waals surface area (Å²) in [5.41, 5.74) is 0.596. The summed E-state index contributed by atoms with van der Waals surface area (Å²) >= 11 is 0. The Kier molecular flexibility index (Phi) is 8.82. The quantitative estimate of drug-likeness (QED) is 0.228. The number of aliphatic hydroxyl groups excluding tert-OH is 1. The summed E-state index contributed by atoms with van der Waals surface area (Å²) < 4.78 is 77.1. The third-order valence-corrected chi connectivity index (χ3v) is 11.6. The molecule has 0 aromatic carbocycles. The van der Waals surface area contributed by atoms with Gasteiger partial charge in [-0.1, -0.05) is 52.2 Å². The zero-order chi connectivity index (χ0) is 28.1. The van der Waals surface area contributed by atoms with Crippen molar-refractivity contribution in [1.29, 1.82) is 0 Å². The Morgan fingerprint density at radius 2 is 1.79 bits per heavy atom. The van der Waals surface area contributed by atoms with E-state index in [1.807, 2.05) is 0 Å². The highest BCUT2D eigenvalue weighted by Crippen LogP contribution is 2.67. The Bertz CT molecular complexity index is 1100. The minimum Gasteiger partial charge on any atom is -0.726 e. The minimum absolute atomic E-state index is 0.0294. The van der Waals surface area contributed by atoms with Crippen LogP contribution in [0.25, 0.3) is 0 Å². The van der Waals surface area contributed by atoms with E-state index in [1.54, 1.807) is 0 Å². The van der Waals surface area contributed by atoms with Crippen LogP contribution < -0.4 is 0 Å². The maximum atomic E-state index is 11.7. The predicted molar refractivity (Wildman–Crippen MR) is 139 cm³/mol. The van der Waals surface area contributed by atoms with Crippen LogP contribution in [0.2, 0.25) is 0 Å². The molecule has 0 radical (unpaired) electrons. The first-order valence-corrected chi connectivity index (χ1v) is 16.8. The molecular formula is C27H44O9S2-2. The molecule has 1 N–H and O–H groups in total. The van der Waals surface area contributed by atoms with Crippen molar-refractivity contribution in [1.82, 2.24) is 0 Å². The van der Waals surface area contributed by atoms with Gasteiger partial charge in [0.25, 0.3) is 0 Å². The average molecular weight is 577 g/mol. The molecule has 38 heavy (non-hydrogen) atoms. The summed E-state index contributed by atoms with van der Waals surface area (Å²) in [6, 6.07) is 0. The fourth-order valence-electron chi connectivity index (χ4n) is 9.18. The molecule has 0 saturated heterocycles. The monoisotopic (exact) mass is 576 g/mol. The van der Waals surface area contributed by atoms with Crippen molar-refractivity contribution in [2.24, 2.45) is 46.3 Å². The molecule has 0 aliphatic heterocycles. The standard InChI is InChI=1S/C27H46O9S2/c1-17(2)6-5-7-18(16-35-37(29,30)31)22-10-11-23-21-9-8-19-14-20(36-38(32,33)34)12-13-26(19,3)25(21)24(28)15-27(22,23)4/h8,17-18,20-25,28H,5-7,9-16H2,1-4H3,(H,29,30,31)(H,32,33,34)/p-2/t18-,20+,21?,22+,23?,24-,25?,26-,27+/m0/s1. The molecular weight excluding hydrogens is 532 g/mol. The lowest BCUT2D eigenvalue weighted by molar-refractivity contribution is -0.131. The average Bonchev–Trinajstić information content (AvgIpc) is 3.10. The molecule has 3 saturated carbocycles. The van der Waals surface area contributed by atoms with E-state index in [0.717, 1.165) is 44.1 Å². The zero-order valence-corrected chi connectivity index (χ0v) is 24.6. The molecule has 11 heteroatoms. The van der Waals surface area contributed by atoms with Crippen molar-refractivity contribution < 1.29 is 39.4 Å². The van der Waals surface area contributed by atoms with Crippen molar-refractivity contribution in [2.75, 3.05) is 6.61 Å². The molecule has 9 atom stereocenters. The van der Waals surface area contributed by atoms with Gasteiger partial charge in [-0.3, -0.25) is 8.37 Å². The summed E-state index contributed by atoms with van der Waals surface area (Å²) in [7, 11) is -9.55. The van der Waals surface area contributed by atoms with E-state index in [1.165, 1.54) is 0 Å². The summed E-state index contributed by atoms with van der Waals surface area (Å²) in [6.07, 6.45) is 8.48. The number of aliphatic hydroxyl groups is 1. The number of hydrogen-bond acceptors (Lipinski definition) is 9. The van der Waals surface area contributed by atoms with Gasteiger partial charge >= 0.3 is 0 Å². The van der Waals surface area contributed by atoms with Gasteiger partial charge in [-0.15, -0.1) is 0 Å². The van der Waals surface area contributed by atoms with Crippen LogP contribution in [-0.4, -0.2) is 49.9 Å². The highest BCUT2D eigenvalue weighted by Gasteiger charge is 2.62. The van der Waals surface area contributed by atoms with Gasteiger partial charge in [0.2, 0.25) is 20.8 Å². The van der Waals surface area contributed by atoms with Crippen LogP contribution in [0.4, 0.5) is 0 Å². The van der Waals surface area contributed by atoms with Crippen LogP contribution in [0.3, 0.4) is 0 Å². The van der Waals surface area contributed by atoms with Crippen LogP contribution in [-0.2, 0) is 29.2 Å². The van der Waals surface area contributed by atoms with E-state index in [2.05, 4.69) is 33.8 Å². The van der Waals surface area contributed by atoms with E-state index >= 15 is 0 Å². The van der Waals surface area contributed by atoms with Gasteiger partial charge < -0.3 is 14.2 Å². The molecule has 0 spiro atoms. The molecule has 4 rings (SSSR count). The maximum Gasteiger partial charge on any atom is 0.217 e. The Morgan fingerprint density at radius 3 is 2.42 bits per heavy atom. The van der Waals surface area contributed by atoms with Gasteiger partial charge in [-0.2, -0.15) is 0 Å². The molecule has 0 aromatic heterocycles. The van der Waals surface area contributed by atoms with E-state index in [-0.39, 0.29) is 41.1 Å². The van der Waals surface area contributed by atoms with Crippen LogP contribution in [0, 0.1) is 46.3 Å². The molecule has 3 unspecified atom stereocenters. The zero-order valence-electron chi connectivity index (χ0n) is 23.0. The first-order chi connectivity index (χ1) is 17.5. The number of hydrogen-bond donors (Lipinski definition) is 1. The first-order valence-electron chi connectivity index (χ1n) is 14.2. The van der Waals surface area contributed by atoms with Gasteiger partial charge in [-0.25, -0.2) is 16.8 Å². The lowest BCUT2D eigenvalue weighted by Crippen LogP contribution is -2.57. The number of allylic oxidation sites excluding steroid dienone is 1. The lowest BCUT2D eigenvalue weighted by Gasteiger charge is -2.60. The van der Waals surface area contributed by atoms with Crippen molar-refractivity contribution in [3.63, 3.8) is 0 Å². The topological polar surface area (TPSA) is 153 Å². The van der Waals surface area contributed by atoms with Crippen molar-refractivity contribution in [3.8, 4) is 0 Å². The van der Waals surface area contributed by atoms with Crippen LogP contribution in [0.5, 0.6) is 0 Å². The number of rotatable bonds is 10. The molecule has 9 nitrogen and oxygen atoms in total. The van der Waals surface area contributed by atoms with Gasteiger partial charge in [0.15, 0.2) is 0 Å². The molecule has 0 amide bonds. The van der Waals surface area contributed by atoms with Crippen molar-refractivity contribution >= 4 is 20.8 Å². The molecule has 4 aliphatic carbocycles. The third-order valence-electron chi connectivity index (χ3n) is 10.7. The van der Waals surface area contributed by atoms with Gasteiger partial charge in [0.1, 0.15) is 0 Å². The minimum atomic E-state index is -4.78. The Morgan fingerprint density at radius 1 is 1.08 bits per heavy atom. The summed E-state index contributed by atoms with van der Waals surface area (Å²) in [5.74, 6) is 1.25. The van der Waals surface area contributed by atoms with E-state index < -0.39 is 33.0 Å². The fraction of sp³-hybridized carbons (Fsp3) is 0.926. The lowest BCUT2D eigenvalue weighted by atomic mass is 9.46. The number of fused-ring (bicyclic) bond motifs is 5. The second kappa shape index (κ2) is 11.0. The Balaban J connectivity index is 1.56. The normalized spacial score (nSPS) is 40.3. The summed E-state index contributed by atoms with van der Waals surface area (Å²) in [6.45, 7) is 8.61. The van der Waals surface area contributed by atoms with E-state index in [9.17, 15) is 31.0 Å². The SMILES string of the molecule is CC(C)CCC[C@@H](COS(=O)(=O)[O-])[C@H]1CCC2C3CC=C4C[C@H](OS(=O)(=O)[O-])CC[C@]4(C)C3[C@@H](O)C[C@@]21C. The fourth-order valence-corrected chi connectivity index (χ4v) is 10.0. The second-order valence-electron chi connectivity index (χ2n) is 13.3. The smallest absolute Gasteiger partial charge is 0.217 e. The molecule has 0 heterocycles. The summed E-state index contributed by atoms with van der Waals surface area (Å²) in [5, 5.41) is 11.7. The molecule has 0 aromatic rings. The van der Waals surface area contributed by atoms with Gasteiger partial charge in [0.05, 0.1) is 18.8 Å². The molecule has 3 fully saturated rings. The highest BCUT2D eigenvalue weighted by atomic mass is 32.3. The first kappa shape index (κ1) is 30.4. The second-order valence-corrected chi connectivity index (χ2v) is 15.3. The van der Waals surface area contributed by atoms with E-state index in [0.29, 0.717) is 37.5 Å². The Hall–Kier alpha value is -0.560. The Labute approximate surface area is 228 Å². The molecule has 220 valence electrons.